The number of ketones is 1. The van der Waals surface area contributed by atoms with Gasteiger partial charge in [-0.25, -0.2) is 0 Å². The van der Waals surface area contributed by atoms with Gasteiger partial charge in [0.15, 0.2) is 17.3 Å². The van der Waals surface area contributed by atoms with E-state index in [0.29, 0.717) is 36.2 Å². The molecule has 1 aliphatic rings. The molecule has 1 aromatic heterocycles. The molecule has 0 fully saturated rings. The molecule has 0 saturated heterocycles. The molecule has 9 heteroatoms. The lowest BCUT2D eigenvalue weighted by Crippen LogP contribution is -2.27. The zero-order valence-electron chi connectivity index (χ0n) is 17.4. The summed E-state index contributed by atoms with van der Waals surface area (Å²) in [6, 6.07) is 13.2. The van der Waals surface area contributed by atoms with Gasteiger partial charge in [0.05, 0.1) is 6.61 Å². The lowest BCUT2D eigenvalue weighted by atomic mass is 9.93. The molecule has 1 N–H and O–H groups in total. The maximum absolute atomic E-state index is 12.4. The zero-order chi connectivity index (χ0) is 22.0. The second kappa shape index (κ2) is 8.89. The van der Waals surface area contributed by atoms with E-state index in [1.807, 2.05) is 56.3 Å². The van der Waals surface area contributed by atoms with Crippen LogP contribution in [0.3, 0.4) is 0 Å². The molecule has 1 atom stereocenters. The fourth-order valence-corrected chi connectivity index (χ4v) is 3.87. The maximum Gasteiger partial charge on any atom is 0.248 e. The molecule has 0 saturated carbocycles. The minimum Gasteiger partial charge on any atom is -0.490 e. The summed E-state index contributed by atoms with van der Waals surface area (Å²) in [6.07, 6.45) is 0. The van der Waals surface area contributed by atoms with E-state index in [0.717, 1.165) is 21.3 Å². The number of tetrazole rings is 1. The number of allylic oxidation sites excluding steroid dienone is 2. The van der Waals surface area contributed by atoms with Crippen LogP contribution >= 0.6 is 15.9 Å². The van der Waals surface area contributed by atoms with Gasteiger partial charge in [-0.3, -0.25) is 4.79 Å². The van der Waals surface area contributed by atoms with Crippen molar-refractivity contribution in [1.29, 1.82) is 0 Å². The third-order valence-electron chi connectivity index (χ3n) is 4.98. The summed E-state index contributed by atoms with van der Waals surface area (Å²) in [6.45, 7) is 6.20. The van der Waals surface area contributed by atoms with E-state index in [9.17, 15) is 4.79 Å². The van der Waals surface area contributed by atoms with Crippen LogP contribution in [0.1, 0.15) is 37.9 Å². The molecule has 3 aromatic rings. The summed E-state index contributed by atoms with van der Waals surface area (Å²) in [5, 5.41) is 14.9. The molecule has 160 valence electrons. The summed E-state index contributed by atoms with van der Waals surface area (Å²) in [7, 11) is 0. The number of ether oxygens (including phenoxy) is 2. The Morgan fingerprint density at radius 3 is 2.65 bits per heavy atom. The first-order chi connectivity index (χ1) is 15.0. The van der Waals surface area contributed by atoms with Crippen molar-refractivity contribution in [2.24, 2.45) is 0 Å². The van der Waals surface area contributed by atoms with Gasteiger partial charge in [-0.1, -0.05) is 39.2 Å². The predicted molar refractivity (Wildman–Crippen MR) is 119 cm³/mol. The minimum absolute atomic E-state index is 0.0512. The molecular formula is C22H22BrN5O3. The van der Waals surface area contributed by atoms with Gasteiger partial charge in [0, 0.05) is 15.7 Å². The fourth-order valence-electron chi connectivity index (χ4n) is 3.60. The Labute approximate surface area is 188 Å². The number of anilines is 1. The van der Waals surface area contributed by atoms with Crippen LogP contribution in [0.25, 0.3) is 0 Å². The number of Topliss-reactive ketones (excluding diaryl/α,β-unsaturated/α-hetero) is 1. The van der Waals surface area contributed by atoms with Gasteiger partial charge in [-0.15, -0.1) is 0 Å². The molecule has 1 aliphatic heterocycles. The molecule has 8 nitrogen and oxygen atoms in total. The van der Waals surface area contributed by atoms with E-state index in [2.05, 4.69) is 36.8 Å². The van der Waals surface area contributed by atoms with Gasteiger partial charge in [-0.05, 0) is 66.6 Å². The summed E-state index contributed by atoms with van der Waals surface area (Å²) in [4.78, 5) is 12.4. The third kappa shape index (κ3) is 4.32. The first-order valence-electron chi connectivity index (χ1n) is 9.88. The van der Waals surface area contributed by atoms with E-state index >= 15 is 0 Å². The van der Waals surface area contributed by atoms with Crippen molar-refractivity contribution in [2.75, 3.05) is 11.9 Å². The number of carbonyl (C=O) groups excluding carboxylic acids is 1. The third-order valence-corrected chi connectivity index (χ3v) is 5.51. The molecule has 31 heavy (non-hydrogen) atoms. The van der Waals surface area contributed by atoms with Crippen LogP contribution in [0, 0.1) is 0 Å². The smallest absolute Gasteiger partial charge is 0.248 e. The monoisotopic (exact) mass is 483 g/mol. The fraction of sp³-hybridized carbons (Fsp3) is 0.273. The number of hydrogen-bond acceptors (Lipinski definition) is 7. The number of nitrogens with zero attached hydrogens (tertiary/aromatic N) is 4. The lowest BCUT2D eigenvalue weighted by Gasteiger charge is -2.27. The van der Waals surface area contributed by atoms with Gasteiger partial charge in [0.1, 0.15) is 12.6 Å². The van der Waals surface area contributed by atoms with E-state index in [4.69, 9.17) is 9.47 Å². The highest BCUT2D eigenvalue weighted by Crippen LogP contribution is 2.38. The van der Waals surface area contributed by atoms with Gasteiger partial charge >= 0.3 is 0 Å². The van der Waals surface area contributed by atoms with Crippen LogP contribution in [-0.4, -0.2) is 32.6 Å². The average Bonchev–Trinajstić information content (AvgIpc) is 3.21. The van der Waals surface area contributed by atoms with Gasteiger partial charge in [0.25, 0.3) is 0 Å². The first kappa shape index (κ1) is 21.0. The molecular weight excluding hydrogens is 462 g/mol. The number of fused-ring (bicyclic) bond motifs is 1. The summed E-state index contributed by atoms with van der Waals surface area (Å²) in [5.41, 5.74) is 3.21. The Morgan fingerprint density at radius 2 is 1.94 bits per heavy atom. The van der Waals surface area contributed by atoms with Crippen LogP contribution in [0.15, 0.2) is 58.2 Å². The van der Waals surface area contributed by atoms with E-state index in [1.54, 1.807) is 11.6 Å². The standard InChI is InChI=1S/C22H22BrN5O3/c1-4-30-19-11-16(7-10-18(19)31-12-15-5-8-17(23)9-6-15)21-20(14(3)29)13(2)24-22-25-26-27-28(21)22/h5-11,21H,4,12H2,1-3H3,(H,24,25,27). The predicted octanol–water partition coefficient (Wildman–Crippen LogP) is 4.29. The van der Waals surface area contributed by atoms with Crippen molar-refractivity contribution in [2.45, 2.75) is 33.4 Å². The van der Waals surface area contributed by atoms with Crippen LogP contribution in [0.5, 0.6) is 11.5 Å². The number of carbonyl (C=O) groups is 1. The second-order valence-corrected chi connectivity index (χ2v) is 8.04. The van der Waals surface area contributed by atoms with E-state index in [-0.39, 0.29) is 5.78 Å². The van der Waals surface area contributed by atoms with Gasteiger partial charge in [-0.2, -0.15) is 4.68 Å². The second-order valence-electron chi connectivity index (χ2n) is 7.12. The van der Waals surface area contributed by atoms with Gasteiger partial charge in [0.2, 0.25) is 5.95 Å². The van der Waals surface area contributed by atoms with Crippen molar-refractivity contribution in [3.05, 3.63) is 69.3 Å². The molecule has 0 bridgehead atoms. The van der Waals surface area contributed by atoms with Crippen LogP contribution < -0.4 is 14.8 Å². The van der Waals surface area contributed by atoms with Crippen LogP contribution in [0.4, 0.5) is 5.95 Å². The van der Waals surface area contributed by atoms with Crippen molar-refractivity contribution >= 4 is 27.7 Å². The number of benzene rings is 2. The highest BCUT2D eigenvalue weighted by atomic mass is 79.9. The Bertz CT molecular complexity index is 1140. The molecule has 0 spiro atoms. The Kier molecular flexibility index (Phi) is 6.03. The molecule has 4 rings (SSSR count). The maximum atomic E-state index is 12.4. The SMILES string of the molecule is CCOc1cc(C2C(C(C)=O)=C(C)Nc3nnnn32)ccc1OCc1ccc(Br)cc1. The lowest BCUT2D eigenvalue weighted by molar-refractivity contribution is -0.114. The molecule has 2 heterocycles. The largest absolute Gasteiger partial charge is 0.490 e. The highest BCUT2D eigenvalue weighted by molar-refractivity contribution is 9.10. The topological polar surface area (TPSA) is 91.2 Å². The number of halogens is 1. The Balaban J connectivity index is 1.68. The number of rotatable bonds is 7. The quantitative estimate of drug-likeness (QED) is 0.535. The summed E-state index contributed by atoms with van der Waals surface area (Å²) in [5.74, 6) is 1.67. The molecule has 1 unspecified atom stereocenters. The Morgan fingerprint density at radius 1 is 1.16 bits per heavy atom. The van der Waals surface area contributed by atoms with Crippen molar-refractivity contribution in [3.8, 4) is 11.5 Å². The number of nitrogens with one attached hydrogen (secondary N) is 1. The van der Waals surface area contributed by atoms with Crippen LogP contribution in [0.2, 0.25) is 0 Å². The molecule has 0 aliphatic carbocycles. The normalized spacial score (nSPS) is 15.3. The van der Waals surface area contributed by atoms with Crippen molar-refractivity contribution in [1.82, 2.24) is 20.2 Å². The average molecular weight is 484 g/mol. The molecule has 0 radical (unpaired) electrons. The molecule has 0 amide bonds. The minimum atomic E-state index is -0.455. The van der Waals surface area contributed by atoms with E-state index < -0.39 is 6.04 Å². The van der Waals surface area contributed by atoms with Crippen molar-refractivity contribution < 1.29 is 14.3 Å². The van der Waals surface area contributed by atoms with Gasteiger partial charge < -0.3 is 14.8 Å². The number of aromatic nitrogens is 4. The molecule has 2 aromatic carbocycles. The zero-order valence-corrected chi connectivity index (χ0v) is 19.0. The highest BCUT2D eigenvalue weighted by Gasteiger charge is 2.32. The summed E-state index contributed by atoms with van der Waals surface area (Å²) >= 11 is 3.44. The first-order valence-corrected chi connectivity index (χ1v) is 10.7. The van der Waals surface area contributed by atoms with Crippen LogP contribution in [-0.2, 0) is 11.4 Å². The number of hydrogen-bond donors (Lipinski definition) is 1. The summed E-state index contributed by atoms with van der Waals surface area (Å²) < 4.78 is 14.5. The van der Waals surface area contributed by atoms with Crippen molar-refractivity contribution in [3.63, 3.8) is 0 Å². The van der Waals surface area contributed by atoms with E-state index in [1.165, 1.54) is 0 Å². The Hall–Kier alpha value is -3.20.